The van der Waals surface area contributed by atoms with Crippen LogP contribution in [0.1, 0.15) is 46.1 Å². The lowest BCUT2D eigenvalue weighted by Gasteiger charge is -2.15. The molecule has 33 heavy (non-hydrogen) atoms. The summed E-state index contributed by atoms with van der Waals surface area (Å²) in [5.74, 6) is 4.02. The molecule has 2 aromatic carbocycles. The van der Waals surface area contributed by atoms with Crippen molar-refractivity contribution in [3.05, 3.63) is 89.0 Å². The van der Waals surface area contributed by atoms with Crippen LogP contribution in [0.5, 0.6) is 0 Å². The Hall–Kier alpha value is -3.36. The molecule has 0 saturated heterocycles. The van der Waals surface area contributed by atoms with E-state index in [1.165, 1.54) is 0 Å². The van der Waals surface area contributed by atoms with Crippen LogP contribution in [-0.2, 0) is 24.9 Å². The van der Waals surface area contributed by atoms with Crippen molar-refractivity contribution in [2.24, 2.45) is 12.0 Å². The Bertz CT molecular complexity index is 1210. The second-order valence-electron chi connectivity index (χ2n) is 7.73. The smallest absolute Gasteiger partial charge is 0.188 e. The zero-order chi connectivity index (χ0) is 24.0. The molecule has 1 unspecified atom stereocenters. The van der Waals surface area contributed by atoms with Gasteiger partial charge in [0.05, 0.1) is 30.6 Å². The number of methoxy groups -OCH3 is 1. The molecule has 1 atom stereocenters. The van der Waals surface area contributed by atoms with E-state index >= 15 is 0 Å². The zero-order valence-electron chi connectivity index (χ0n) is 19.1. The van der Waals surface area contributed by atoms with E-state index in [1.54, 1.807) is 25.4 Å². The topological polar surface area (TPSA) is 39.4 Å². The number of terminal acetylenes is 1. The van der Waals surface area contributed by atoms with Gasteiger partial charge < -0.3 is 9.30 Å². The molecule has 170 valence electrons. The highest BCUT2D eigenvalue weighted by Crippen LogP contribution is 2.34. The molecule has 0 fully saturated rings. The minimum atomic E-state index is -0.465. The molecule has 0 spiro atoms. The number of hydrogen-bond acceptors (Lipinski definition) is 3. The third-order valence-electron chi connectivity index (χ3n) is 5.65. The van der Waals surface area contributed by atoms with Gasteiger partial charge in [0.1, 0.15) is 12.5 Å². The number of benzene rings is 2. The average molecular weight is 464 g/mol. The summed E-state index contributed by atoms with van der Waals surface area (Å²) in [6, 6.07) is 13.2. The number of aromatic nitrogens is 2. The average Bonchev–Trinajstić information content (AvgIpc) is 3.16. The number of aryl methyl sites for hydroxylation is 2. The van der Waals surface area contributed by atoms with Gasteiger partial charge in [0, 0.05) is 24.1 Å². The van der Waals surface area contributed by atoms with Crippen molar-refractivity contribution in [2.75, 3.05) is 7.11 Å². The first kappa shape index (κ1) is 24.3. The highest BCUT2D eigenvalue weighted by Gasteiger charge is 2.18. The van der Waals surface area contributed by atoms with Crippen molar-refractivity contribution in [3.63, 3.8) is 0 Å². The minimum Gasteiger partial charge on any atom is -0.484 e. The van der Waals surface area contributed by atoms with E-state index in [9.17, 15) is 4.39 Å². The summed E-state index contributed by atoms with van der Waals surface area (Å²) in [6.45, 7) is 5.37. The summed E-state index contributed by atoms with van der Waals surface area (Å²) < 4.78 is 20.2. The maximum Gasteiger partial charge on any atom is 0.188 e. The van der Waals surface area contributed by atoms with Crippen molar-refractivity contribution in [2.45, 2.75) is 32.4 Å². The van der Waals surface area contributed by atoms with Crippen LogP contribution in [-0.4, -0.2) is 22.6 Å². The highest BCUT2D eigenvalue weighted by atomic mass is 35.5. The van der Waals surface area contributed by atoms with Gasteiger partial charge in [-0.1, -0.05) is 54.4 Å². The first-order valence-corrected chi connectivity index (χ1v) is 10.9. The van der Waals surface area contributed by atoms with Gasteiger partial charge in [0.2, 0.25) is 0 Å². The van der Waals surface area contributed by atoms with Gasteiger partial charge in [0.15, 0.2) is 5.90 Å². The van der Waals surface area contributed by atoms with Crippen LogP contribution in [0.15, 0.2) is 60.2 Å². The lowest BCUT2D eigenvalue weighted by atomic mass is 9.94. The van der Waals surface area contributed by atoms with Crippen molar-refractivity contribution < 1.29 is 9.13 Å². The fourth-order valence-electron chi connectivity index (χ4n) is 3.57. The summed E-state index contributed by atoms with van der Waals surface area (Å²) in [4.78, 5) is 9.05. The molecule has 0 amide bonds. The van der Waals surface area contributed by atoms with Gasteiger partial charge in [-0.25, -0.2) is 14.4 Å². The monoisotopic (exact) mass is 463 g/mol. The van der Waals surface area contributed by atoms with E-state index in [2.05, 4.69) is 22.5 Å². The van der Waals surface area contributed by atoms with Crippen LogP contribution in [0, 0.1) is 19.3 Å². The number of rotatable bonds is 8. The van der Waals surface area contributed by atoms with Crippen molar-refractivity contribution in [1.82, 2.24) is 9.55 Å². The number of aliphatic imine (C=N–C) groups is 1. The third kappa shape index (κ3) is 5.71. The number of halogens is 2. The largest absolute Gasteiger partial charge is 0.484 e. The Morgan fingerprint density at radius 3 is 2.52 bits per heavy atom. The maximum atomic E-state index is 12.7. The maximum absolute atomic E-state index is 12.7. The lowest BCUT2D eigenvalue weighted by molar-refractivity contribution is 0.390. The minimum absolute atomic E-state index is 0.279. The fourth-order valence-corrected chi connectivity index (χ4v) is 3.72. The predicted molar refractivity (Wildman–Crippen MR) is 134 cm³/mol. The molecular weight excluding hydrogens is 437 g/mol. The molecule has 4 nitrogen and oxygen atoms in total. The van der Waals surface area contributed by atoms with Gasteiger partial charge in [-0.3, -0.25) is 0 Å². The molecular formula is C27H27ClFN3O. The summed E-state index contributed by atoms with van der Waals surface area (Å²) in [6.07, 6.45) is 8.98. The highest BCUT2D eigenvalue weighted by molar-refractivity contribution is 6.48. The Morgan fingerprint density at radius 2 is 1.97 bits per heavy atom. The summed E-state index contributed by atoms with van der Waals surface area (Å²) in [5.41, 5.74) is 4.92. The van der Waals surface area contributed by atoms with E-state index in [4.69, 9.17) is 22.8 Å². The van der Waals surface area contributed by atoms with Crippen LogP contribution < -0.4 is 0 Å². The SMILES string of the molecule is C#CC(c1ccc(/N=C(\CCc2ccc(CF)cc2)OC)c(C(=C)Cl)c1)c1cnc(C)n1C. The van der Waals surface area contributed by atoms with Crippen molar-refractivity contribution in [3.8, 4) is 12.3 Å². The Balaban J connectivity index is 1.88. The van der Waals surface area contributed by atoms with E-state index in [1.807, 2.05) is 48.9 Å². The van der Waals surface area contributed by atoms with Crippen molar-refractivity contribution in [1.29, 1.82) is 0 Å². The second-order valence-corrected chi connectivity index (χ2v) is 8.19. The van der Waals surface area contributed by atoms with E-state index in [0.717, 1.165) is 22.6 Å². The molecule has 0 bridgehead atoms. The Labute approximate surface area is 199 Å². The number of imidazole rings is 1. The predicted octanol–water partition coefficient (Wildman–Crippen LogP) is 6.48. The number of hydrogen-bond donors (Lipinski definition) is 0. The van der Waals surface area contributed by atoms with Crippen LogP contribution in [0.25, 0.3) is 5.03 Å². The summed E-state index contributed by atoms with van der Waals surface area (Å²) in [5, 5.41) is 0.366. The first-order chi connectivity index (χ1) is 15.9. The molecule has 0 aliphatic heterocycles. The van der Waals surface area contributed by atoms with Crippen molar-refractivity contribution >= 4 is 28.2 Å². The van der Waals surface area contributed by atoms with Crippen LogP contribution in [0.4, 0.5) is 10.1 Å². The third-order valence-corrected chi connectivity index (χ3v) is 5.85. The van der Waals surface area contributed by atoms with Gasteiger partial charge >= 0.3 is 0 Å². The molecule has 0 radical (unpaired) electrons. The Kier molecular flexibility index (Phi) is 8.08. The molecule has 1 heterocycles. The molecule has 1 aromatic heterocycles. The molecule has 0 saturated carbocycles. The van der Waals surface area contributed by atoms with Gasteiger partial charge in [-0.15, -0.1) is 6.42 Å². The zero-order valence-corrected chi connectivity index (χ0v) is 19.9. The van der Waals surface area contributed by atoms with Gasteiger partial charge in [-0.05, 0) is 42.2 Å². The van der Waals surface area contributed by atoms with Crippen LogP contribution >= 0.6 is 11.6 Å². The molecule has 6 heteroatoms. The Morgan fingerprint density at radius 1 is 1.27 bits per heavy atom. The fraction of sp³-hybridized carbons (Fsp3) is 0.259. The number of ether oxygens (including phenoxy) is 1. The van der Waals surface area contributed by atoms with Gasteiger partial charge in [0.25, 0.3) is 0 Å². The molecule has 0 aliphatic carbocycles. The normalized spacial score (nSPS) is 12.3. The lowest BCUT2D eigenvalue weighted by Crippen LogP contribution is -2.06. The van der Waals surface area contributed by atoms with E-state index in [-0.39, 0.29) is 5.92 Å². The summed E-state index contributed by atoms with van der Waals surface area (Å²) in [7, 11) is 3.53. The van der Waals surface area contributed by atoms with E-state index in [0.29, 0.717) is 40.6 Å². The number of alkyl halides is 1. The molecule has 3 rings (SSSR count). The summed E-state index contributed by atoms with van der Waals surface area (Å²) >= 11 is 6.33. The second kappa shape index (κ2) is 11.0. The van der Waals surface area contributed by atoms with Crippen LogP contribution in [0.2, 0.25) is 0 Å². The molecule has 3 aromatic rings. The molecule has 0 aliphatic rings. The number of nitrogens with zero attached hydrogens (tertiary/aromatic N) is 3. The standard InChI is InChI=1S/C27H27ClFN3O/c1-6-23(26-17-30-19(3)32(26)4)22-12-13-25(24(15-22)18(2)28)31-27(33-5)14-11-20-7-9-21(16-29)10-8-20/h1,7-10,12-13,15,17,23H,2,11,14,16H2,3-5H3/b31-27+. The van der Waals surface area contributed by atoms with Gasteiger partial charge in [-0.2, -0.15) is 0 Å². The first-order valence-electron chi connectivity index (χ1n) is 10.6. The van der Waals surface area contributed by atoms with Crippen LogP contribution in [0.3, 0.4) is 0 Å². The molecule has 0 N–H and O–H groups in total. The quantitative estimate of drug-likeness (QED) is 0.218. The van der Waals surface area contributed by atoms with E-state index < -0.39 is 6.67 Å².